The van der Waals surface area contributed by atoms with Gasteiger partial charge < -0.3 is 5.32 Å². The lowest BCUT2D eigenvalue weighted by atomic mass is 9.95. The number of aromatic nitrogens is 1. The van der Waals surface area contributed by atoms with Gasteiger partial charge in [-0.15, -0.1) is 0 Å². The van der Waals surface area contributed by atoms with E-state index in [2.05, 4.69) is 62.5 Å². The molecule has 4 rings (SSSR count). The second-order valence-electron chi connectivity index (χ2n) is 8.41. The zero-order chi connectivity index (χ0) is 22.9. The molecule has 2 aromatic carbocycles. The maximum Gasteiger partial charge on any atom is 0.0991 e. The highest BCUT2D eigenvalue weighted by molar-refractivity contribution is 5.82. The van der Waals surface area contributed by atoms with Crippen LogP contribution >= 0.6 is 0 Å². The van der Waals surface area contributed by atoms with Gasteiger partial charge >= 0.3 is 0 Å². The fourth-order valence-electron chi connectivity index (χ4n) is 3.89. The molecule has 1 atom stereocenters. The molecule has 1 aliphatic rings. The standard InChI is InChI=1S/C23H20N2.C6H13N/c1-4-5-22-17(3)14-21(19-12-8-18(15-24)9-13-19)23(25-22)20-10-6-16(2)7-11-20;1-2-6-3-4-7-5-6/h4-14H,1-3H3;6-7H,2-5H2,1H3/b5-4-;. The van der Waals surface area contributed by atoms with Crippen LogP contribution in [-0.2, 0) is 0 Å². The molecule has 1 unspecified atom stereocenters. The molecule has 1 N–H and O–H groups in total. The van der Waals surface area contributed by atoms with Crippen LogP contribution < -0.4 is 5.32 Å². The predicted octanol–water partition coefficient (Wildman–Crippen LogP) is 6.94. The molecule has 3 nitrogen and oxygen atoms in total. The third-order valence-electron chi connectivity index (χ3n) is 5.97. The molecule has 0 radical (unpaired) electrons. The highest BCUT2D eigenvalue weighted by Crippen LogP contribution is 2.33. The first-order valence-corrected chi connectivity index (χ1v) is 11.5. The number of hydrogen-bond acceptors (Lipinski definition) is 3. The Hall–Kier alpha value is -3.22. The van der Waals surface area contributed by atoms with Gasteiger partial charge in [0.05, 0.1) is 23.0 Å². The fraction of sp³-hybridized carbons (Fsp3) is 0.310. The Morgan fingerprint density at radius 2 is 1.75 bits per heavy atom. The molecule has 1 saturated heterocycles. The first-order chi connectivity index (χ1) is 15.5. The van der Waals surface area contributed by atoms with Crippen LogP contribution in [-0.4, -0.2) is 18.1 Å². The molecule has 3 aromatic rings. The second kappa shape index (κ2) is 11.4. The largest absolute Gasteiger partial charge is 0.316 e. The summed E-state index contributed by atoms with van der Waals surface area (Å²) in [5, 5.41) is 12.4. The molecule has 2 heterocycles. The number of rotatable bonds is 4. The minimum absolute atomic E-state index is 0.663. The molecular formula is C29H33N3. The number of aryl methyl sites for hydroxylation is 2. The molecule has 1 aromatic heterocycles. The smallest absolute Gasteiger partial charge is 0.0991 e. The Kier molecular flexibility index (Phi) is 8.36. The van der Waals surface area contributed by atoms with Crippen molar-refractivity contribution in [2.24, 2.45) is 5.92 Å². The van der Waals surface area contributed by atoms with Crippen molar-refractivity contribution in [2.75, 3.05) is 13.1 Å². The van der Waals surface area contributed by atoms with E-state index in [4.69, 9.17) is 10.2 Å². The summed E-state index contributed by atoms with van der Waals surface area (Å²) in [4.78, 5) is 4.93. The third-order valence-corrected chi connectivity index (χ3v) is 5.97. The number of nitrogens with zero attached hydrogens (tertiary/aromatic N) is 2. The van der Waals surface area contributed by atoms with Crippen LogP contribution in [0.5, 0.6) is 0 Å². The summed E-state index contributed by atoms with van der Waals surface area (Å²) in [7, 11) is 0. The minimum atomic E-state index is 0.663. The average Bonchev–Trinajstić information content (AvgIpc) is 3.36. The maximum absolute atomic E-state index is 9.03. The number of allylic oxidation sites excluding steroid dienone is 1. The normalized spacial score (nSPS) is 15.3. The van der Waals surface area contributed by atoms with Crippen LogP contribution in [0, 0.1) is 31.1 Å². The molecular weight excluding hydrogens is 390 g/mol. The van der Waals surface area contributed by atoms with E-state index in [0.29, 0.717) is 5.56 Å². The van der Waals surface area contributed by atoms with Crippen molar-refractivity contribution in [3.05, 3.63) is 83.1 Å². The van der Waals surface area contributed by atoms with Gasteiger partial charge in [0.1, 0.15) is 0 Å². The second-order valence-corrected chi connectivity index (χ2v) is 8.41. The summed E-state index contributed by atoms with van der Waals surface area (Å²) in [5.41, 5.74) is 8.21. The summed E-state index contributed by atoms with van der Waals surface area (Å²) in [6.45, 7) is 10.9. The van der Waals surface area contributed by atoms with Crippen molar-refractivity contribution >= 4 is 6.08 Å². The van der Waals surface area contributed by atoms with Crippen LogP contribution in [0.4, 0.5) is 0 Å². The molecule has 0 spiro atoms. The van der Waals surface area contributed by atoms with Gasteiger partial charge in [0.25, 0.3) is 0 Å². The van der Waals surface area contributed by atoms with Crippen LogP contribution in [0.1, 0.15) is 49.1 Å². The average molecular weight is 424 g/mol. The van der Waals surface area contributed by atoms with Crippen LogP contribution in [0.3, 0.4) is 0 Å². The Bertz CT molecular complexity index is 1080. The molecule has 0 bridgehead atoms. The van der Waals surface area contributed by atoms with E-state index in [0.717, 1.165) is 39.6 Å². The van der Waals surface area contributed by atoms with Gasteiger partial charge in [0.2, 0.25) is 0 Å². The van der Waals surface area contributed by atoms with Gasteiger partial charge in [-0.3, -0.25) is 0 Å². The molecule has 1 fully saturated rings. The summed E-state index contributed by atoms with van der Waals surface area (Å²) < 4.78 is 0. The van der Waals surface area contributed by atoms with E-state index in [1.54, 1.807) is 0 Å². The predicted molar refractivity (Wildman–Crippen MR) is 135 cm³/mol. The number of pyridine rings is 1. The molecule has 0 saturated carbocycles. The van der Waals surface area contributed by atoms with Crippen molar-refractivity contribution in [1.82, 2.24) is 10.3 Å². The molecule has 164 valence electrons. The molecule has 0 amide bonds. The quantitative estimate of drug-likeness (QED) is 0.494. The van der Waals surface area contributed by atoms with Gasteiger partial charge in [0.15, 0.2) is 0 Å². The van der Waals surface area contributed by atoms with Crippen LogP contribution in [0.15, 0.2) is 60.7 Å². The molecule has 1 aliphatic heterocycles. The lowest BCUT2D eigenvalue weighted by molar-refractivity contribution is 0.563. The summed E-state index contributed by atoms with van der Waals surface area (Å²) in [6, 6.07) is 20.5. The lowest BCUT2D eigenvalue weighted by Gasteiger charge is -2.13. The Labute approximate surface area is 192 Å². The molecule has 32 heavy (non-hydrogen) atoms. The topological polar surface area (TPSA) is 48.7 Å². The SMILES string of the molecule is C/C=C\c1nc(-c2ccc(C)cc2)c(-c2ccc(C#N)cc2)cc1C.CCC1CCNC1. The minimum Gasteiger partial charge on any atom is -0.316 e. The fourth-order valence-corrected chi connectivity index (χ4v) is 3.89. The Balaban J connectivity index is 0.000000352. The highest BCUT2D eigenvalue weighted by Gasteiger charge is 2.12. The van der Waals surface area contributed by atoms with Gasteiger partial charge in [-0.05, 0) is 81.6 Å². The van der Waals surface area contributed by atoms with E-state index in [-0.39, 0.29) is 0 Å². The lowest BCUT2D eigenvalue weighted by Crippen LogP contribution is -2.07. The van der Waals surface area contributed by atoms with Crippen molar-refractivity contribution in [1.29, 1.82) is 5.26 Å². The van der Waals surface area contributed by atoms with Crippen molar-refractivity contribution in [3.8, 4) is 28.5 Å². The maximum atomic E-state index is 9.03. The van der Waals surface area contributed by atoms with E-state index in [9.17, 15) is 0 Å². The Morgan fingerprint density at radius 1 is 1.06 bits per heavy atom. The van der Waals surface area contributed by atoms with E-state index in [1.165, 1.54) is 31.5 Å². The van der Waals surface area contributed by atoms with E-state index in [1.807, 2.05) is 43.3 Å². The van der Waals surface area contributed by atoms with E-state index >= 15 is 0 Å². The van der Waals surface area contributed by atoms with Gasteiger partial charge in [-0.2, -0.15) is 5.26 Å². The van der Waals surface area contributed by atoms with Crippen LogP contribution in [0.25, 0.3) is 28.5 Å². The summed E-state index contributed by atoms with van der Waals surface area (Å²) in [5.74, 6) is 0.986. The summed E-state index contributed by atoms with van der Waals surface area (Å²) in [6.07, 6.45) is 6.80. The number of nitrogens with one attached hydrogen (secondary N) is 1. The zero-order valence-electron chi connectivity index (χ0n) is 19.7. The van der Waals surface area contributed by atoms with Crippen LogP contribution in [0.2, 0.25) is 0 Å². The molecule has 3 heteroatoms. The summed E-state index contributed by atoms with van der Waals surface area (Å²) >= 11 is 0. The Morgan fingerprint density at radius 3 is 2.28 bits per heavy atom. The number of nitriles is 1. The third kappa shape index (κ3) is 5.93. The van der Waals surface area contributed by atoms with Crippen molar-refractivity contribution in [2.45, 2.75) is 40.5 Å². The van der Waals surface area contributed by atoms with Crippen molar-refractivity contribution in [3.63, 3.8) is 0 Å². The zero-order valence-corrected chi connectivity index (χ0v) is 19.7. The van der Waals surface area contributed by atoms with Crippen molar-refractivity contribution < 1.29 is 0 Å². The first kappa shape index (κ1) is 23.4. The number of hydrogen-bond donors (Lipinski definition) is 1. The van der Waals surface area contributed by atoms with E-state index < -0.39 is 0 Å². The molecule has 0 aliphatic carbocycles. The van der Waals surface area contributed by atoms with Gasteiger partial charge in [-0.25, -0.2) is 4.98 Å². The van der Waals surface area contributed by atoms with Gasteiger partial charge in [-0.1, -0.05) is 61.4 Å². The number of benzene rings is 2. The highest BCUT2D eigenvalue weighted by atomic mass is 14.9. The first-order valence-electron chi connectivity index (χ1n) is 11.5. The monoisotopic (exact) mass is 423 g/mol. The van der Waals surface area contributed by atoms with Gasteiger partial charge in [0, 0.05) is 11.1 Å².